The molecule has 190 valence electrons. The van der Waals surface area contributed by atoms with Crippen molar-refractivity contribution in [2.45, 2.75) is 82.9 Å². The van der Waals surface area contributed by atoms with Gasteiger partial charge in [0.2, 0.25) is 11.8 Å². The molecular formula is C25H37N5O4Si. The Morgan fingerprint density at radius 2 is 1.94 bits per heavy atom. The fraction of sp³-hybridized carbons (Fsp3) is 0.640. The van der Waals surface area contributed by atoms with Gasteiger partial charge in [-0.25, -0.2) is 4.79 Å². The zero-order chi connectivity index (χ0) is 25.0. The van der Waals surface area contributed by atoms with Crippen LogP contribution in [0.2, 0.25) is 18.1 Å². The molecule has 2 aromatic rings. The molecule has 5 rings (SSSR count). The molecule has 1 spiro atoms. The molecule has 2 saturated heterocycles. The third-order valence-electron chi connectivity index (χ3n) is 8.36. The number of nitrogens with two attached hydrogens (primary N) is 1. The molecule has 2 bridgehead atoms. The van der Waals surface area contributed by atoms with Crippen molar-refractivity contribution in [2.75, 3.05) is 13.2 Å². The van der Waals surface area contributed by atoms with Crippen LogP contribution in [-0.2, 0) is 15.9 Å². The van der Waals surface area contributed by atoms with Gasteiger partial charge in [-0.1, -0.05) is 51.1 Å². The van der Waals surface area contributed by atoms with Crippen LogP contribution >= 0.6 is 0 Å². The summed E-state index contributed by atoms with van der Waals surface area (Å²) in [5.74, 6) is 0.806. The number of hydrogen-bond donors (Lipinski definition) is 1. The molecule has 1 saturated carbocycles. The highest BCUT2D eigenvalue weighted by molar-refractivity contribution is 6.74. The van der Waals surface area contributed by atoms with Gasteiger partial charge in [0.1, 0.15) is 18.7 Å². The summed E-state index contributed by atoms with van der Waals surface area (Å²) in [5, 5.41) is 10.2. The smallest absolute Gasteiger partial charge is 0.345 e. The lowest BCUT2D eigenvalue weighted by molar-refractivity contribution is -0.153. The SMILES string of the molecule is CC(C)(C)[Si](C)(C)OC[C@H](N)c1nnc([C@@H]2CC3(CC3)[C@H]3CN2C(=O)N3OCc2ccccc2)o1. The Morgan fingerprint density at radius 3 is 2.60 bits per heavy atom. The van der Waals surface area contributed by atoms with Crippen molar-refractivity contribution >= 4 is 14.3 Å². The largest absolute Gasteiger partial charge is 0.421 e. The van der Waals surface area contributed by atoms with E-state index in [0.29, 0.717) is 31.5 Å². The molecule has 3 fully saturated rings. The average molecular weight is 500 g/mol. The molecule has 2 amide bonds. The lowest BCUT2D eigenvalue weighted by atomic mass is 9.85. The van der Waals surface area contributed by atoms with E-state index in [9.17, 15) is 4.79 Å². The van der Waals surface area contributed by atoms with E-state index >= 15 is 0 Å². The molecule has 0 radical (unpaired) electrons. The molecule has 1 aromatic heterocycles. The van der Waals surface area contributed by atoms with Crippen LogP contribution in [0.4, 0.5) is 4.79 Å². The zero-order valence-electron chi connectivity index (χ0n) is 21.4. The third kappa shape index (κ3) is 4.52. The summed E-state index contributed by atoms with van der Waals surface area (Å²) in [4.78, 5) is 21.2. The number of fused-ring (bicyclic) bond motifs is 3. The van der Waals surface area contributed by atoms with E-state index in [1.54, 1.807) is 5.06 Å². The van der Waals surface area contributed by atoms with Gasteiger partial charge in [0.15, 0.2) is 8.32 Å². The van der Waals surface area contributed by atoms with Gasteiger partial charge in [-0.05, 0) is 48.4 Å². The van der Waals surface area contributed by atoms with E-state index in [0.717, 1.165) is 24.8 Å². The van der Waals surface area contributed by atoms with Crippen LogP contribution < -0.4 is 5.73 Å². The van der Waals surface area contributed by atoms with Crippen molar-refractivity contribution in [2.24, 2.45) is 11.1 Å². The van der Waals surface area contributed by atoms with Gasteiger partial charge in [0.25, 0.3) is 0 Å². The quantitative estimate of drug-likeness (QED) is 0.531. The second-order valence-electron chi connectivity index (χ2n) is 11.8. The van der Waals surface area contributed by atoms with Crippen LogP contribution in [-0.4, -0.2) is 53.7 Å². The molecule has 2 N–H and O–H groups in total. The number of piperidine rings is 1. The van der Waals surface area contributed by atoms with E-state index in [2.05, 4.69) is 44.1 Å². The Morgan fingerprint density at radius 1 is 1.23 bits per heavy atom. The van der Waals surface area contributed by atoms with Gasteiger partial charge in [0.05, 0.1) is 12.6 Å². The molecular weight excluding hydrogens is 462 g/mol. The number of rotatable bonds is 8. The van der Waals surface area contributed by atoms with Gasteiger partial charge in [-0.3, -0.25) is 4.84 Å². The summed E-state index contributed by atoms with van der Waals surface area (Å²) >= 11 is 0. The fourth-order valence-electron chi connectivity index (χ4n) is 4.83. The van der Waals surface area contributed by atoms with Crippen LogP contribution in [0.15, 0.2) is 34.7 Å². The minimum absolute atomic E-state index is 0.0478. The van der Waals surface area contributed by atoms with Crippen molar-refractivity contribution in [3.8, 4) is 0 Å². The molecule has 1 aliphatic carbocycles. The van der Waals surface area contributed by atoms with Gasteiger partial charge in [-0.2, -0.15) is 5.06 Å². The highest BCUT2D eigenvalue weighted by Crippen LogP contribution is 2.61. The summed E-state index contributed by atoms with van der Waals surface area (Å²) in [5.41, 5.74) is 7.45. The summed E-state index contributed by atoms with van der Waals surface area (Å²) in [6.07, 6.45) is 2.94. The van der Waals surface area contributed by atoms with Crippen molar-refractivity contribution in [3.05, 3.63) is 47.7 Å². The minimum atomic E-state index is -1.94. The van der Waals surface area contributed by atoms with Gasteiger partial charge >= 0.3 is 6.03 Å². The summed E-state index contributed by atoms with van der Waals surface area (Å²) in [6, 6.07) is 9.07. The fourth-order valence-corrected chi connectivity index (χ4v) is 5.86. The van der Waals surface area contributed by atoms with Gasteiger partial charge in [0, 0.05) is 6.54 Å². The summed E-state index contributed by atoms with van der Waals surface area (Å²) < 4.78 is 12.3. The summed E-state index contributed by atoms with van der Waals surface area (Å²) in [7, 11) is -1.94. The predicted octanol–water partition coefficient (Wildman–Crippen LogP) is 4.55. The molecule has 1 aromatic carbocycles. The Labute approximate surface area is 208 Å². The number of carbonyl (C=O) groups excluding carboxylic acids is 1. The van der Waals surface area contributed by atoms with Crippen LogP contribution in [0.5, 0.6) is 0 Å². The van der Waals surface area contributed by atoms with E-state index in [4.69, 9.17) is 19.4 Å². The second kappa shape index (κ2) is 8.69. The lowest BCUT2D eigenvalue weighted by Crippen LogP contribution is -2.42. The standard InChI is InChI=1S/C25H37N5O4Si/c1-24(2,3)35(4,5)33-16-18(26)21-27-28-22(34-21)19-13-25(11-12-25)20-14-29(19)23(31)30(20)32-15-17-9-7-6-8-10-17/h6-10,18-20H,11-16,26H2,1-5H3/t18-,19-,20+/m0/s1. The molecule has 10 heteroatoms. The van der Waals surface area contributed by atoms with Crippen LogP contribution in [0.1, 0.15) is 69.5 Å². The van der Waals surface area contributed by atoms with Crippen LogP contribution in [0, 0.1) is 5.41 Å². The van der Waals surface area contributed by atoms with Crippen molar-refractivity contribution in [3.63, 3.8) is 0 Å². The van der Waals surface area contributed by atoms with Gasteiger partial charge in [-0.15, -0.1) is 10.2 Å². The van der Waals surface area contributed by atoms with E-state index < -0.39 is 14.4 Å². The highest BCUT2D eigenvalue weighted by Gasteiger charge is 2.64. The zero-order valence-corrected chi connectivity index (χ0v) is 22.4. The molecule has 0 unspecified atom stereocenters. The van der Waals surface area contributed by atoms with E-state index in [1.807, 2.05) is 35.2 Å². The topological polar surface area (TPSA) is 107 Å². The van der Waals surface area contributed by atoms with E-state index in [-0.39, 0.29) is 28.6 Å². The molecule has 2 aliphatic heterocycles. The number of carbonyl (C=O) groups is 1. The number of amides is 2. The molecule has 9 nitrogen and oxygen atoms in total. The Hall–Kier alpha value is -2.27. The maximum Gasteiger partial charge on any atom is 0.345 e. The molecule has 3 aliphatic rings. The first-order valence-corrected chi connectivity index (χ1v) is 15.4. The molecule has 3 atom stereocenters. The summed E-state index contributed by atoms with van der Waals surface area (Å²) in [6.45, 7) is 12.3. The Balaban J connectivity index is 1.27. The normalized spacial score (nSPS) is 24.3. The van der Waals surface area contributed by atoms with Crippen LogP contribution in [0.25, 0.3) is 0 Å². The Bertz CT molecular complexity index is 1070. The number of urea groups is 1. The average Bonchev–Trinajstić information content (AvgIpc) is 3.28. The van der Waals surface area contributed by atoms with Gasteiger partial charge < -0.3 is 19.5 Å². The Kier molecular flexibility index (Phi) is 6.06. The molecule has 35 heavy (non-hydrogen) atoms. The number of aromatic nitrogens is 2. The number of hydroxylamine groups is 2. The van der Waals surface area contributed by atoms with Crippen LogP contribution in [0.3, 0.4) is 0 Å². The maximum absolute atomic E-state index is 13.4. The first kappa shape index (κ1) is 24.4. The maximum atomic E-state index is 13.4. The first-order chi connectivity index (χ1) is 16.5. The molecule has 3 heterocycles. The third-order valence-corrected chi connectivity index (χ3v) is 12.9. The number of benzene rings is 1. The van der Waals surface area contributed by atoms with E-state index in [1.165, 1.54) is 0 Å². The van der Waals surface area contributed by atoms with Crippen molar-refractivity contribution in [1.82, 2.24) is 20.2 Å². The van der Waals surface area contributed by atoms with Crippen molar-refractivity contribution in [1.29, 1.82) is 0 Å². The predicted molar refractivity (Wildman–Crippen MR) is 132 cm³/mol. The first-order valence-electron chi connectivity index (χ1n) is 12.5. The monoisotopic (exact) mass is 499 g/mol. The second-order valence-corrected chi connectivity index (χ2v) is 16.6. The van der Waals surface area contributed by atoms with Crippen molar-refractivity contribution < 1.29 is 18.5 Å². The minimum Gasteiger partial charge on any atom is -0.421 e. The lowest BCUT2D eigenvalue weighted by Gasteiger charge is -2.36. The number of nitrogens with zero attached hydrogens (tertiary/aromatic N) is 4. The highest BCUT2D eigenvalue weighted by atomic mass is 28.4. The number of hydrogen-bond acceptors (Lipinski definition) is 7.